The first kappa shape index (κ1) is 24.6. The summed E-state index contributed by atoms with van der Waals surface area (Å²) in [7, 11) is 4.99. The van der Waals surface area contributed by atoms with Gasteiger partial charge < -0.3 is 24.8 Å². The van der Waals surface area contributed by atoms with Crippen molar-refractivity contribution in [2.45, 2.75) is 18.3 Å². The molecule has 1 aliphatic heterocycles. The second kappa shape index (κ2) is 11.6. The summed E-state index contributed by atoms with van der Waals surface area (Å²) in [5.74, 6) is 2.01. The largest absolute Gasteiger partial charge is 0.493 e. The zero-order chi connectivity index (χ0) is 20.7. The molecular weight excluding hydrogens is 517 g/mol. The summed E-state index contributed by atoms with van der Waals surface area (Å²) >= 11 is 6.55. The Labute approximate surface area is 200 Å². The van der Waals surface area contributed by atoms with Gasteiger partial charge in [-0.15, -0.1) is 24.0 Å². The number of methoxy groups -OCH3 is 2. The molecule has 8 heteroatoms. The van der Waals surface area contributed by atoms with Crippen molar-refractivity contribution in [3.8, 4) is 11.5 Å². The number of nitrogens with zero attached hydrogens (tertiary/aromatic N) is 1. The molecule has 0 spiro atoms. The zero-order valence-electron chi connectivity index (χ0n) is 17.5. The van der Waals surface area contributed by atoms with Crippen LogP contribution in [0.4, 0.5) is 5.69 Å². The molecule has 0 aliphatic carbocycles. The Balaban J connectivity index is 0.00000320. The minimum Gasteiger partial charge on any atom is -0.493 e. The molecule has 2 N–H and O–H groups in total. The van der Waals surface area contributed by atoms with Gasteiger partial charge >= 0.3 is 0 Å². The van der Waals surface area contributed by atoms with Crippen molar-refractivity contribution < 1.29 is 14.2 Å². The van der Waals surface area contributed by atoms with E-state index in [0.717, 1.165) is 29.1 Å². The number of benzene rings is 2. The molecule has 30 heavy (non-hydrogen) atoms. The molecule has 2 aromatic carbocycles. The maximum atomic E-state index is 6.55. The topological polar surface area (TPSA) is 64.1 Å². The summed E-state index contributed by atoms with van der Waals surface area (Å²) in [6.45, 7) is 2.14. The Morgan fingerprint density at radius 2 is 1.80 bits per heavy atom. The SMILES string of the molecule is CN=C(NCC1(c2ccccc2Cl)CCOCC1)Nc1ccc(OC)c(OC)c1.I. The maximum absolute atomic E-state index is 6.55. The number of rotatable bonds is 6. The molecule has 1 heterocycles. The van der Waals surface area contributed by atoms with E-state index >= 15 is 0 Å². The van der Waals surface area contributed by atoms with Gasteiger partial charge in [0.2, 0.25) is 0 Å². The molecule has 1 saturated heterocycles. The highest BCUT2D eigenvalue weighted by molar-refractivity contribution is 14.0. The zero-order valence-corrected chi connectivity index (χ0v) is 20.6. The molecule has 0 unspecified atom stereocenters. The molecule has 6 nitrogen and oxygen atoms in total. The first-order valence-electron chi connectivity index (χ1n) is 9.64. The van der Waals surface area contributed by atoms with Crippen LogP contribution in [0.1, 0.15) is 18.4 Å². The fourth-order valence-electron chi connectivity index (χ4n) is 3.68. The van der Waals surface area contributed by atoms with Crippen LogP contribution in [0.15, 0.2) is 47.5 Å². The number of halogens is 2. The molecule has 0 saturated carbocycles. The molecule has 0 atom stereocenters. The number of guanidine groups is 1. The van der Waals surface area contributed by atoms with Crippen LogP contribution in [-0.2, 0) is 10.2 Å². The van der Waals surface area contributed by atoms with Crippen molar-refractivity contribution in [3.63, 3.8) is 0 Å². The second-order valence-corrected chi connectivity index (χ2v) is 7.40. The van der Waals surface area contributed by atoms with Gasteiger partial charge in [-0.1, -0.05) is 29.8 Å². The van der Waals surface area contributed by atoms with Crippen molar-refractivity contribution in [3.05, 3.63) is 53.1 Å². The second-order valence-electron chi connectivity index (χ2n) is 6.99. The van der Waals surface area contributed by atoms with E-state index in [0.29, 0.717) is 37.2 Å². The summed E-state index contributed by atoms with van der Waals surface area (Å²) in [6.07, 6.45) is 1.80. The van der Waals surface area contributed by atoms with Crippen molar-refractivity contribution in [1.29, 1.82) is 0 Å². The van der Waals surface area contributed by atoms with Crippen molar-refractivity contribution in [1.82, 2.24) is 5.32 Å². The van der Waals surface area contributed by atoms with Crippen LogP contribution < -0.4 is 20.1 Å². The molecule has 0 amide bonds. The number of aliphatic imine (C=N–C) groups is 1. The minimum atomic E-state index is -0.105. The van der Waals surface area contributed by atoms with Crippen LogP contribution in [-0.4, -0.2) is 47.0 Å². The Bertz CT molecular complexity index is 857. The van der Waals surface area contributed by atoms with E-state index in [-0.39, 0.29) is 29.4 Å². The summed E-state index contributed by atoms with van der Waals surface area (Å²) in [6, 6.07) is 13.7. The van der Waals surface area contributed by atoms with E-state index < -0.39 is 0 Å². The first-order valence-corrected chi connectivity index (χ1v) is 10.0. The van der Waals surface area contributed by atoms with Gasteiger partial charge in [0.15, 0.2) is 17.5 Å². The molecule has 164 valence electrons. The lowest BCUT2D eigenvalue weighted by Gasteiger charge is -2.38. The summed E-state index contributed by atoms with van der Waals surface area (Å²) in [5, 5.41) is 7.58. The van der Waals surface area contributed by atoms with Gasteiger partial charge in [-0.05, 0) is 36.6 Å². The van der Waals surface area contributed by atoms with Gasteiger partial charge in [0, 0.05) is 49.0 Å². The first-order chi connectivity index (χ1) is 14.1. The highest BCUT2D eigenvalue weighted by atomic mass is 127. The van der Waals surface area contributed by atoms with Crippen LogP contribution in [0.25, 0.3) is 0 Å². The minimum absolute atomic E-state index is 0. The van der Waals surface area contributed by atoms with E-state index in [1.54, 1.807) is 21.3 Å². The normalized spacial score (nSPS) is 15.7. The molecule has 3 rings (SSSR count). The van der Waals surface area contributed by atoms with E-state index in [4.69, 9.17) is 25.8 Å². The Morgan fingerprint density at radius 1 is 1.10 bits per heavy atom. The van der Waals surface area contributed by atoms with Gasteiger partial charge in [-0.2, -0.15) is 0 Å². The summed E-state index contributed by atoms with van der Waals surface area (Å²) in [4.78, 5) is 4.37. The van der Waals surface area contributed by atoms with Gasteiger partial charge in [-0.25, -0.2) is 0 Å². The van der Waals surface area contributed by atoms with Crippen LogP contribution >= 0.6 is 35.6 Å². The lowest BCUT2D eigenvalue weighted by molar-refractivity contribution is 0.0515. The summed E-state index contributed by atoms with van der Waals surface area (Å²) < 4.78 is 16.3. The molecule has 0 radical (unpaired) electrons. The van der Waals surface area contributed by atoms with E-state index in [2.05, 4.69) is 21.7 Å². The number of ether oxygens (including phenoxy) is 3. The third-order valence-corrected chi connectivity index (χ3v) is 5.69. The molecule has 1 fully saturated rings. The van der Waals surface area contributed by atoms with E-state index in [1.165, 1.54) is 0 Å². The fourth-order valence-corrected chi connectivity index (χ4v) is 4.01. The predicted octanol–water partition coefficient (Wildman–Crippen LogP) is 4.71. The van der Waals surface area contributed by atoms with Crippen LogP contribution in [0.3, 0.4) is 0 Å². The van der Waals surface area contributed by atoms with Crippen LogP contribution in [0, 0.1) is 0 Å². The number of anilines is 1. The fraction of sp³-hybridized carbons (Fsp3) is 0.409. The van der Waals surface area contributed by atoms with Gasteiger partial charge in [-0.3, -0.25) is 4.99 Å². The molecular formula is C22H29ClIN3O3. The predicted molar refractivity (Wildman–Crippen MR) is 133 cm³/mol. The standard InChI is InChI=1S/C22H28ClN3O3.HI/c1-24-21(26-16-8-9-19(27-2)20(14-16)28-3)25-15-22(10-12-29-13-11-22)17-6-4-5-7-18(17)23;/h4-9,14H,10-13,15H2,1-3H3,(H2,24,25,26);1H. The van der Waals surface area contributed by atoms with Crippen molar-refractivity contribution in [2.75, 3.05) is 46.3 Å². The number of nitrogens with one attached hydrogen (secondary N) is 2. The molecule has 0 aromatic heterocycles. The Kier molecular flexibility index (Phi) is 9.51. The quantitative estimate of drug-likeness (QED) is 0.313. The number of hydrogen-bond acceptors (Lipinski definition) is 4. The monoisotopic (exact) mass is 545 g/mol. The molecule has 1 aliphatic rings. The van der Waals surface area contributed by atoms with Crippen molar-refractivity contribution >= 4 is 47.2 Å². The van der Waals surface area contributed by atoms with E-state index in [1.807, 2.05) is 36.4 Å². The number of hydrogen-bond donors (Lipinski definition) is 2. The van der Waals surface area contributed by atoms with Crippen LogP contribution in [0.2, 0.25) is 5.02 Å². The van der Waals surface area contributed by atoms with Gasteiger partial charge in [0.1, 0.15) is 0 Å². The maximum Gasteiger partial charge on any atom is 0.195 e. The third-order valence-electron chi connectivity index (χ3n) is 5.36. The lowest BCUT2D eigenvalue weighted by Crippen LogP contribution is -2.46. The summed E-state index contributed by atoms with van der Waals surface area (Å²) in [5.41, 5.74) is 1.90. The highest BCUT2D eigenvalue weighted by Gasteiger charge is 2.36. The Morgan fingerprint density at radius 3 is 2.43 bits per heavy atom. The average Bonchev–Trinajstić information content (AvgIpc) is 2.77. The van der Waals surface area contributed by atoms with Gasteiger partial charge in [0.05, 0.1) is 14.2 Å². The van der Waals surface area contributed by atoms with Crippen LogP contribution in [0.5, 0.6) is 11.5 Å². The molecule has 0 bridgehead atoms. The van der Waals surface area contributed by atoms with Gasteiger partial charge in [0.25, 0.3) is 0 Å². The average molecular weight is 546 g/mol. The Hall–Kier alpha value is -1.71. The van der Waals surface area contributed by atoms with Crippen molar-refractivity contribution in [2.24, 2.45) is 4.99 Å². The van der Waals surface area contributed by atoms with E-state index in [9.17, 15) is 0 Å². The highest BCUT2D eigenvalue weighted by Crippen LogP contribution is 2.38. The smallest absolute Gasteiger partial charge is 0.195 e. The lowest BCUT2D eigenvalue weighted by atomic mass is 9.74. The third kappa shape index (κ3) is 5.70. The molecule has 2 aromatic rings.